The smallest absolute Gasteiger partial charge is 0.447 e. The van der Waals surface area contributed by atoms with Crippen LogP contribution in [-0.2, 0) is 34.1 Å². The highest BCUT2D eigenvalue weighted by Gasteiger charge is 2.29. The summed E-state index contributed by atoms with van der Waals surface area (Å²) in [5.41, 5.74) is 0.444. The van der Waals surface area contributed by atoms with Gasteiger partial charge in [-0.2, -0.15) is 0 Å². The first-order chi connectivity index (χ1) is 20.9. The summed E-state index contributed by atoms with van der Waals surface area (Å²) in [6, 6.07) is 9.05. The van der Waals surface area contributed by atoms with E-state index in [1.54, 1.807) is 26.0 Å². The SMILES string of the molecule is CCOP(=O)(OCC)OC[C@H](O)C[C@H](COC(=O)Nc1cc2cc(F)ccc2cn1)N(C)C(=O)CCc1cccc(F)c1Cl. The number of halogens is 3. The van der Waals surface area contributed by atoms with E-state index in [-0.39, 0.29) is 49.9 Å². The molecular weight excluding hydrogens is 623 g/mol. The van der Waals surface area contributed by atoms with Gasteiger partial charge >= 0.3 is 13.9 Å². The summed E-state index contributed by atoms with van der Waals surface area (Å²) in [6.45, 7) is 2.49. The van der Waals surface area contributed by atoms with E-state index >= 15 is 0 Å². The van der Waals surface area contributed by atoms with E-state index < -0.39 is 50.2 Å². The number of nitrogens with one attached hydrogen (secondary N) is 1. The van der Waals surface area contributed by atoms with E-state index in [0.29, 0.717) is 16.3 Å². The lowest BCUT2D eigenvalue weighted by Gasteiger charge is -2.30. The molecule has 0 aliphatic carbocycles. The van der Waals surface area contributed by atoms with E-state index in [0.717, 1.165) is 0 Å². The van der Waals surface area contributed by atoms with Crippen molar-refractivity contribution in [1.82, 2.24) is 9.88 Å². The van der Waals surface area contributed by atoms with E-state index in [9.17, 15) is 28.0 Å². The second-order valence-corrected chi connectivity index (χ2v) is 11.7. The molecule has 15 heteroatoms. The van der Waals surface area contributed by atoms with Crippen LogP contribution in [0.15, 0.2) is 48.7 Å². The lowest BCUT2D eigenvalue weighted by Crippen LogP contribution is -2.43. The molecule has 2 atom stereocenters. The van der Waals surface area contributed by atoms with Gasteiger partial charge in [-0.3, -0.25) is 23.7 Å². The zero-order valence-electron chi connectivity index (χ0n) is 24.5. The third kappa shape index (κ3) is 10.5. The van der Waals surface area contributed by atoms with Gasteiger partial charge in [0, 0.05) is 25.1 Å². The average Bonchev–Trinajstić information content (AvgIpc) is 2.98. The Labute approximate surface area is 259 Å². The number of nitrogens with zero attached hydrogens (tertiary/aromatic N) is 2. The summed E-state index contributed by atoms with van der Waals surface area (Å²) in [5, 5.41) is 14.3. The minimum absolute atomic E-state index is 0.0481. The molecule has 0 unspecified atom stereocenters. The van der Waals surface area contributed by atoms with Crippen LogP contribution >= 0.6 is 19.4 Å². The molecule has 2 N–H and O–H groups in total. The lowest BCUT2D eigenvalue weighted by atomic mass is 10.1. The topological polar surface area (TPSA) is 137 Å². The van der Waals surface area contributed by atoms with Gasteiger partial charge in [0.1, 0.15) is 24.1 Å². The normalized spacial score (nSPS) is 13.0. The number of ether oxygens (including phenoxy) is 1. The van der Waals surface area contributed by atoms with Gasteiger partial charge in [0.25, 0.3) is 0 Å². The summed E-state index contributed by atoms with van der Waals surface area (Å²) < 4.78 is 60.8. The molecule has 11 nitrogen and oxygen atoms in total. The number of benzene rings is 2. The highest BCUT2D eigenvalue weighted by atomic mass is 35.5. The molecule has 3 rings (SSSR count). The number of phosphoric ester groups is 1. The van der Waals surface area contributed by atoms with Crippen LogP contribution in [0, 0.1) is 11.6 Å². The molecule has 2 amide bonds. The number of amides is 2. The van der Waals surface area contributed by atoms with E-state index in [1.165, 1.54) is 48.5 Å². The summed E-state index contributed by atoms with van der Waals surface area (Å²) >= 11 is 6.02. The Morgan fingerprint density at radius 2 is 1.80 bits per heavy atom. The van der Waals surface area contributed by atoms with Gasteiger partial charge in [-0.25, -0.2) is 23.1 Å². The fourth-order valence-corrected chi connectivity index (χ4v) is 5.61. The molecule has 2 aromatic carbocycles. The number of likely N-dealkylation sites (N-methyl/N-ethyl adjacent to an activating group) is 1. The Bertz CT molecular complexity index is 1470. The Kier molecular flexibility index (Phi) is 13.4. The van der Waals surface area contributed by atoms with Gasteiger partial charge in [-0.15, -0.1) is 0 Å². The number of pyridine rings is 1. The molecule has 0 saturated carbocycles. The van der Waals surface area contributed by atoms with Crippen LogP contribution in [0.4, 0.5) is 19.4 Å². The van der Waals surface area contributed by atoms with Crippen molar-refractivity contribution in [2.45, 2.75) is 45.3 Å². The number of aromatic nitrogens is 1. The van der Waals surface area contributed by atoms with Crippen molar-refractivity contribution in [2.24, 2.45) is 0 Å². The van der Waals surface area contributed by atoms with Crippen molar-refractivity contribution in [3.8, 4) is 0 Å². The van der Waals surface area contributed by atoms with Crippen LogP contribution in [0.25, 0.3) is 10.8 Å². The number of phosphoric acid groups is 1. The second kappa shape index (κ2) is 16.8. The fourth-order valence-electron chi connectivity index (χ4n) is 4.18. The monoisotopic (exact) mass is 657 g/mol. The predicted octanol–water partition coefficient (Wildman–Crippen LogP) is 6.12. The number of carbonyl (C=O) groups excluding carboxylic acids is 2. The van der Waals surface area contributed by atoms with Crippen LogP contribution < -0.4 is 5.32 Å². The number of carbonyl (C=O) groups is 2. The minimum Gasteiger partial charge on any atom is -0.447 e. The van der Waals surface area contributed by atoms with Crippen molar-refractivity contribution >= 4 is 48.0 Å². The minimum atomic E-state index is -3.91. The molecule has 1 heterocycles. The number of hydrogen-bond donors (Lipinski definition) is 2. The number of anilines is 1. The molecule has 3 aromatic rings. The fraction of sp³-hybridized carbons (Fsp3) is 0.414. The van der Waals surface area contributed by atoms with E-state index in [2.05, 4.69) is 10.3 Å². The van der Waals surface area contributed by atoms with Crippen LogP contribution in [0.5, 0.6) is 0 Å². The number of hydrogen-bond acceptors (Lipinski definition) is 9. The van der Waals surface area contributed by atoms with Crippen molar-refractivity contribution in [3.63, 3.8) is 0 Å². The highest BCUT2D eigenvalue weighted by Crippen LogP contribution is 2.49. The second-order valence-electron chi connectivity index (χ2n) is 9.62. The quantitative estimate of drug-likeness (QED) is 0.175. The molecule has 240 valence electrons. The maximum Gasteiger partial charge on any atom is 0.474 e. The Morgan fingerprint density at radius 1 is 1.07 bits per heavy atom. The zero-order valence-corrected chi connectivity index (χ0v) is 26.2. The van der Waals surface area contributed by atoms with Crippen LogP contribution in [0.3, 0.4) is 0 Å². The molecule has 0 aliphatic rings. The van der Waals surface area contributed by atoms with Crippen LogP contribution in [0.1, 0.15) is 32.3 Å². The Morgan fingerprint density at radius 3 is 2.50 bits per heavy atom. The Hall–Kier alpha value is -3.19. The summed E-state index contributed by atoms with van der Waals surface area (Å²) in [7, 11) is -2.46. The van der Waals surface area contributed by atoms with Gasteiger partial charge in [0.05, 0.1) is 37.0 Å². The number of aliphatic hydroxyl groups excluding tert-OH is 1. The largest absolute Gasteiger partial charge is 0.474 e. The van der Waals surface area contributed by atoms with Gasteiger partial charge in [-0.05, 0) is 68.0 Å². The first-order valence-corrected chi connectivity index (χ1v) is 15.7. The zero-order chi connectivity index (χ0) is 32.3. The first-order valence-electron chi connectivity index (χ1n) is 13.8. The van der Waals surface area contributed by atoms with Gasteiger partial charge < -0.3 is 14.7 Å². The average molecular weight is 658 g/mol. The van der Waals surface area contributed by atoms with Gasteiger partial charge in [0.15, 0.2) is 0 Å². The third-order valence-corrected chi connectivity index (χ3v) is 8.48. The Balaban J connectivity index is 1.68. The molecule has 0 saturated heterocycles. The number of fused-ring (bicyclic) bond motifs is 1. The summed E-state index contributed by atoms with van der Waals surface area (Å²) in [4.78, 5) is 31.1. The number of aryl methyl sites for hydroxylation is 1. The standard InChI is InChI=1S/C29H35ClF2N3O8P/c1-4-41-44(39,42-5-2)43-18-24(36)15-23(35(3)27(37)12-10-19-7-6-8-25(32)28(19)30)17-40-29(38)34-26-14-21-13-22(31)11-9-20(21)16-33-26/h6-9,11,13-14,16,23-24,36H,4-5,10,12,15,17-18H2,1-3H3,(H,33,34,38)/t23-,24-/m1/s1. The first kappa shape index (κ1) is 35.3. The van der Waals surface area contributed by atoms with Crippen molar-refractivity contribution in [3.05, 3.63) is 70.9 Å². The molecular formula is C29H35ClF2N3O8P. The molecule has 0 aliphatic heterocycles. The molecule has 0 spiro atoms. The lowest BCUT2D eigenvalue weighted by molar-refractivity contribution is -0.133. The maximum atomic E-state index is 13.8. The van der Waals surface area contributed by atoms with Crippen LogP contribution in [-0.4, -0.2) is 72.6 Å². The number of aliphatic hydroxyl groups is 1. The van der Waals surface area contributed by atoms with Crippen LogP contribution in [0.2, 0.25) is 5.02 Å². The summed E-state index contributed by atoms with van der Waals surface area (Å²) in [5.74, 6) is -1.35. The van der Waals surface area contributed by atoms with Gasteiger partial charge in [0.2, 0.25) is 5.91 Å². The predicted molar refractivity (Wildman–Crippen MR) is 160 cm³/mol. The van der Waals surface area contributed by atoms with Crippen molar-refractivity contribution in [2.75, 3.05) is 38.8 Å². The van der Waals surface area contributed by atoms with Gasteiger partial charge in [-0.1, -0.05) is 23.7 Å². The maximum absolute atomic E-state index is 13.8. The molecule has 0 radical (unpaired) electrons. The molecule has 1 aromatic heterocycles. The summed E-state index contributed by atoms with van der Waals surface area (Å²) in [6.07, 6.45) is -0.790. The molecule has 44 heavy (non-hydrogen) atoms. The molecule has 0 fully saturated rings. The molecule has 0 bridgehead atoms. The van der Waals surface area contributed by atoms with Crippen molar-refractivity contribution in [1.29, 1.82) is 0 Å². The highest BCUT2D eigenvalue weighted by molar-refractivity contribution is 7.48. The van der Waals surface area contributed by atoms with E-state index in [1.807, 2.05) is 0 Å². The van der Waals surface area contributed by atoms with E-state index in [4.69, 9.17) is 29.9 Å². The van der Waals surface area contributed by atoms with Crippen molar-refractivity contribution < 1.29 is 46.3 Å². The number of rotatable bonds is 16. The third-order valence-electron chi connectivity index (χ3n) is 6.45.